The molecular weight excluding hydrogens is 352 g/mol. The van der Waals surface area contributed by atoms with Crippen molar-refractivity contribution in [3.8, 4) is 11.5 Å². The van der Waals surface area contributed by atoms with Crippen LogP contribution in [0.2, 0.25) is 0 Å². The molecule has 0 unspecified atom stereocenters. The number of piperazine rings is 1. The van der Waals surface area contributed by atoms with E-state index in [2.05, 4.69) is 30.9 Å². The molecule has 1 atom stereocenters. The van der Waals surface area contributed by atoms with Crippen LogP contribution in [-0.2, 0) is 4.79 Å². The summed E-state index contributed by atoms with van der Waals surface area (Å²) < 4.78 is 11.5. The summed E-state index contributed by atoms with van der Waals surface area (Å²) in [5, 5.41) is 0. The van der Waals surface area contributed by atoms with Crippen LogP contribution in [0.5, 0.6) is 11.5 Å². The van der Waals surface area contributed by atoms with Crippen LogP contribution in [0.15, 0.2) is 48.5 Å². The fraction of sp³-hybridized carbons (Fsp3) is 0.435. The first kappa shape index (κ1) is 20.1. The number of methoxy groups -OCH3 is 1. The van der Waals surface area contributed by atoms with E-state index < -0.39 is 6.10 Å². The van der Waals surface area contributed by atoms with E-state index in [1.807, 2.05) is 48.2 Å². The van der Waals surface area contributed by atoms with Crippen molar-refractivity contribution in [2.24, 2.45) is 0 Å². The second kappa shape index (κ2) is 9.00. The molecule has 28 heavy (non-hydrogen) atoms. The highest BCUT2D eigenvalue weighted by Gasteiger charge is 2.27. The van der Waals surface area contributed by atoms with Gasteiger partial charge in [-0.1, -0.05) is 44.2 Å². The van der Waals surface area contributed by atoms with Crippen LogP contribution in [0.1, 0.15) is 32.3 Å². The minimum absolute atomic E-state index is 0.0400. The van der Waals surface area contributed by atoms with Gasteiger partial charge < -0.3 is 19.3 Å². The smallest absolute Gasteiger partial charge is 0.263 e. The van der Waals surface area contributed by atoms with Gasteiger partial charge in [0.25, 0.3) is 5.91 Å². The maximum atomic E-state index is 12.9. The molecule has 1 heterocycles. The zero-order chi connectivity index (χ0) is 20.1. The second-order valence-corrected chi connectivity index (χ2v) is 7.44. The summed E-state index contributed by atoms with van der Waals surface area (Å²) in [4.78, 5) is 17.1. The van der Waals surface area contributed by atoms with Gasteiger partial charge in [0.15, 0.2) is 6.10 Å². The highest BCUT2D eigenvalue weighted by molar-refractivity contribution is 5.81. The van der Waals surface area contributed by atoms with Gasteiger partial charge in [-0.25, -0.2) is 0 Å². The van der Waals surface area contributed by atoms with E-state index in [4.69, 9.17) is 9.47 Å². The van der Waals surface area contributed by atoms with Gasteiger partial charge >= 0.3 is 0 Å². The number of para-hydroxylation sites is 3. The molecule has 5 heteroatoms. The number of benzene rings is 2. The lowest BCUT2D eigenvalue weighted by atomic mass is 10.0. The molecule has 1 aliphatic heterocycles. The lowest BCUT2D eigenvalue weighted by molar-refractivity contribution is -0.138. The van der Waals surface area contributed by atoms with Crippen molar-refractivity contribution in [2.75, 3.05) is 38.2 Å². The summed E-state index contributed by atoms with van der Waals surface area (Å²) in [6, 6.07) is 16.0. The average Bonchev–Trinajstić information content (AvgIpc) is 2.73. The van der Waals surface area contributed by atoms with Crippen LogP contribution >= 0.6 is 0 Å². The van der Waals surface area contributed by atoms with Crippen LogP contribution < -0.4 is 14.4 Å². The van der Waals surface area contributed by atoms with Gasteiger partial charge in [0.1, 0.15) is 11.5 Å². The fourth-order valence-corrected chi connectivity index (χ4v) is 3.62. The van der Waals surface area contributed by atoms with E-state index in [1.165, 1.54) is 0 Å². The van der Waals surface area contributed by atoms with Gasteiger partial charge in [0, 0.05) is 26.2 Å². The molecule has 0 aromatic heterocycles. The molecule has 2 aromatic rings. The molecule has 0 spiro atoms. The molecule has 1 fully saturated rings. The fourth-order valence-electron chi connectivity index (χ4n) is 3.62. The minimum atomic E-state index is -0.502. The topological polar surface area (TPSA) is 42.0 Å². The van der Waals surface area contributed by atoms with Crippen LogP contribution in [-0.4, -0.2) is 50.2 Å². The van der Waals surface area contributed by atoms with Gasteiger partial charge in [-0.05, 0) is 36.6 Å². The number of anilines is 1. The molecule has 2 aromatic carbocycles. The lowest BCUT2D eigenvalue weighted by Crippen LogP contribution is -2.52. The Bertz CT molecular complexity index is 798. The van der Waals surface area contributed by atoms with Crippen LogP contribution in [0, 0.1) is 0 Å². The summed E-state index contributed by atoms with van der Waals surface area (Å²) in [5.41, 5.74) is 2.20. The third-order valence-electron chi connectivity index (χ3n) is 5.21. The van der Waals surface area contributed by atoms with E-state index in [1.54, 1.807) is 7.11 Å². The van der Waals surface area contributed by atoms with Gasteiger partial charge in [0.2, 0.25) is 0 Å². The van der Waals surface area contributed by atoms with Gasteiger partial charge in [0.05, 0.1) is 12.8 Å². The van der Waals surface area contributed by atoms with Crippen LogP contribution in [0.4, 0.5) is 5.69 Å². The normalized spacial score (nSPS) is 15.5. The quantitative estimate of drug-likeness (QED) is 0.759. The Morgan fingerprint density at radius 2 is 1.50 bits per heavy atom. The molecule has 0 radical (unpaired) electrons. The van der Waals surface area contributed by atoms with Crippen LogP contribution in [0.25, 0.3) is 0 Å². The summed E-state index contributed by atoms with van der Waals surface area (Å²) in [7, 11) is 1.69. The van der Waals surface area contributed by atoms with Crippen LogP contribution in [0.3, 0.4) is 0 Å². The Hall–Kier alpha value is -2.69. The van der Waals surface area contributed by atoms with E-state index in [-0.39, 0.29) is 5.91 Å². The summed E-state index contributed by atoms with van der Waals surface area (Å²) in [5.74, 6) is 2.05. The standard InChI is InChI=1S/C23H30N2O3/c1-17(2)19-9-5-7-11-21(19)28-18(3)23(26)25-15-13-24(14-16-25)20-10-6-8-12-22(20)27-4/h5-12,17-18H,13-16H2,1-4H3/t18-/m0/s1. The Labute approximate surface area is 167 Å². The summed E-state index contributed by atoms with van der Waals surface area (Å²) >= 11 is 0. The minimum Gasteiger partial charge on any atom is -0.495 e. The van der Waals surface area contributed by atoms with Gasteiger partial charge in [-0.15, -0.1) is 0 Å². The first-order valence-electron chi connectivity index (χ1n) is 9.93. The van der Waals surface area contributed by atoms with Crippen molar-refractivity contribution in [3.05, 3.63) is 54.1 Å². The first-order chi connectivity index (χ1) is 13.5. The number of ether oxygens (including phenoxy) is 2. The van der Waals surface area contributed by atoms with Gasteiger partial charge in [-0.3, -0.25) is 4.79 Å². The number of nitrogens with zero attached hydrogens (tertiary/aromatic N) is 2. The van der Waals surface area contributed by atoms with E-state index >= 15 is 0 Å². The lowest BCUT2D eigenvalue weighted by Gasteiger charge is -2.37. The molecular formula is C23H30N2O3. The summed E-state index contributed by atoms with van der Waals surface area (Å²) in [6.45, 7) is 9.01. The predicted octanol–water partition coefficient (Wildman–Crippen LogP) is 3.93. The number of rotatable bonds is 6. The molecule has 0 N–H and O–H groups in total. The third-order valence-corrected chi connectivity index (χ3v) is 5.21. The van der Waals surface area contributed by atoms with E-state index in [9.17, 15) is 4.79 Å². The number of amides is 1. The maximum Gasteiger partial charge on any atom is 0.263 e. The molecule has 5 nitrogen and oxygen atoms in total. The van der Waals surface area contributed by atoms with E-state index in [0.29, 0.717) is 19.0 Å². The van der Waals surface area contributed by atoms with Crippen molar-refractivity contribution in [2.45, 2.75) is 32.8 Å². The monoisotopic (exact) mass is 382 g/mol. The summed E-state index contributed by atoms with van der Waals surface area (Å²) in [6.07, 6.45) is -0.502. The number of carbonyl (C=O) groups excluding carboxylic acids is 1. The maximum absolute atomic E-state index is 12.9. The van der Waals surface area contributed by atoms with Crippen molar-refractivity contribution < 1.29 is 14.3 Å². The Balaban J connectivity index is 1.61. The predicted molar refractivity (Wildman–Crippen MR) is 112 cm³/mol. The Morgan fingerprint density at radius 3 is 2.14 bits per heavy atom. The zero-order valence-corrected chi connectivity index (χ0v) is 17.2. The van der Waals surface area contributed by atoms with Crippen molar-refractivity contribution >= 4 is 11.6 Å². The average molecular weight is 383 g/mol. The highest BCUT2D eigenvalue weighted by Crippen LogP contribution is 2.29. The SMILES string of the molecule is COc1ccccc1N1CCN(C(=O)[C@H](C)Oc2ccccc2C(C)C)CC1. The molecule has 1 amide bonds. The number of carbonyl (C=O) groups is 1. The first-order valence-corrected chi connectivity index (χ1v) is 9.93. The van der Waals surface area contributed by atoms with Crippen molar-refractivity contribution in [3.63, 3.8) is 0 Å². The van der Waals surface area contributed by atoms with Crippen molar-refractivity contribution in [1.82, 2.24) is 4.90 Å². The van der Waals surface area contributed by atoms with Gasteiger partial charge in [-0.2, -0.15) is 0 Å². The molecule has 3 rings (SSSR count). The number of hydrogen-bond donors (Lipinski definition) is 0. The zero-order valence-electron chi connectivity index (χ0n) is 17.2. The number of hydrogen-bond acceptors (Lipinski definition) is 4. The Morgan fingerprint density at radius 1 is 0.893 bits per heavy atom. The Kier molecular flexibility index (Phi) is 6.45. The molecule has 1 aliphatic rings. The molecule has 1 saturated heterocycles. The molecule has 0 bridgehead atoms. The third kappa shape index (κ3) is 4.41. The second-order valence-electron chi connectivity index (χ2n) is 7.44. The largest absolute Gasteiger partial charge is 0.495 e. The van der Waals surface area contributed by atoms with Crippen molar-refractivity contribution in [1.29, 1.82) is 0 Å². The molecule has 0 aliphatic carbocycles. The van der Waals surface area contributed by atoms with E-state index in [0.717, 1.165) is 35.8 Å². The highest BCUT2D eigenvalue weighted by atomic mass is 16.5. The molecule has 0 saturated carbocycles. The molecule has 150 valence electrons.